The Morgan fingerprint density at radius 3 is 2.15 bits per heavy atom. The Balaban J connectivity index is 2.04. The molecule has 1 atom stereocenters. The molecule has 1 unspecified atom stereocenters. The molecule has 3 aromatic carbocycles. The number of carbonyl (C=O) groups excluding carboxylic acids is 2. The zero-order valence-electron chi connectivity index (χ0n) is 24.3. The first kappa shape index (κ1) is 32.0. The van der Waals surface area contributed by atoms with Gasteiger partial charge in [-0.3, -0.25) is 13.9 Å². The van der Waals surface area contributed by atoms with Gasteiger partial charge >= 0.3 is 0 Å². The quantitative estimate of drug-likeness (QED) is 0.303. The van der Waals surface area contributed by atoms with E-state index in [1.54, 1.807) is 63.4 Å². The van der Waals surface area contributed by atoms with E-state index < -0.39 is 28.5 Å². The van der Waals surface area contributed by atoms with E-state index in [1.807, 2.05) is 32.9 Å². The summed E-state index contributed by atoms with van der Waals surface area (Å²) in [6.45, 7) is 9.23. The van der Waals surface area contributed by atoms with Crippen molar-refractivity contribution in [1.29, 1.82) is 0 Å². The summed E-state index contributed by atoms with van der Waals surface area (Å²) < 4.78 is 34.3. The summed E-state index contributed by atoms with van der Waals surface area (Å²) in [6.07, 6.45) is 0. The van der Waals surface area contributed by atoms with Crippen LogP contribution in [0.25, 0.3) is 0 Å². The summed E-state index contributed by atoms with van der Waals surface area (Å²) in [5.74, 6) is 0.0251. The second-order valence-corrected chi connectivity index (χ2v) is 12.7. The lowest BCUT2D eigenvalue weighted by Gasteiger charge is -2.32. The molecule has 0 bridgehead atoms. The number of aryl methyl sites for hydroxylation is 2. The summed E-state index contributed by atoms with van der Waals surface area (Å²) in [5.41, 5.74) is 2.58. The van der Waals surface area contributed by atoms with Crippen molar-refractivity contribution in [2.45, 2.75) is 52.1 Å². The number of benzene rings is 3. The van der Waals surface area contributed by atoms with Gasteiger partial charge in [-0.1, -0.05) is 55.3 Å². The zero-order valence-corrected chi connectivity index (χ0v) is 25.9. The Morgan fingerprint density at radius 2 is 1.59 bits per heavy atom. The van der Waals surface area contributed by atoms with Gasteiger partial charge in [0, 0.05) is 18.1 Å². The molecule has 0 aliphatic carbocycles. The van der Waals surface area contributed by atoms with E-state index in [0.717, 1.165) is 15.4 Å². The van der Waals surface area contributed by atoms with Crippen LogP contribution in [-0.2, 0) is 26.2 Å². The SMILES string of the molecule is COc1ccc(CN(C(=O)CN(c2ccc(Cl)cc2C)S(=O)(=O)c2ccc(C)cc2)C(C)C(=O)NCC(C)C)cc1. The molecule has 8 nitrogen and oxygen atoms in total. The molecule has 0 aromatic heterocycles. The fraction of sp³-hybridized carbons (Fsp3) is 0.355. The van der Waals surface area contributed by atoms with Gasteiger partial charge in [-0.15, -0.1) is 0 Å². The number of rotatable bonds is 12. The van der Waals surface area contributed by atoms with Crippen molar-refractivity contribution < 1.29 is 22.7 Å². The molecule has 3 rings (SSSR count). The number of methoxy groups -OCH3 is 1. The van der Waals surface area contributed by atoms with Crippen molar-refractivity contribution in [1.82, 2.24) is 10.2 Å². The van der Waals surface area contributed by atoms with Gasteiger partial charge in [-0.25, -0.2) is 8.42 Å². The topological polar surface area (TPSA) is 96.0 Å². The summed E-state index contributed by atoms with van der Waals surface area (Å²) in [6, 6.07) is 17.6. The third kappa shape index (κ3) is 8.24. The van der Waals surface area contributed by atoms with E-state index in [-0.39, 0.29) is 23.3 Å². The minimum atomic E-state index is -4.16. The van der Waals surface area contributed by atoms with Gasteiger partial charge in [-0.05, 0) is 80.3 Å². The maximum absolute atomic E-state index is 14.0. The van der Waals surface area contributed by atoms with Crippen LogP contribution in [0.1, 0.15) is 37.5 Å². The fourth-order valence-electron chi connectivity index (χ4n) is 4.21. The van der Waals surface area contributed by atoms with Crippen molar-refractivity contribution in [2.75, 3.05) is 24.5 Å². The molecule has 220 valence electrons. The van der Waals surface area contributed by atoms with Crippen LogP contribution in [0.3, 0.4) is 0 Å². The van der Waals surface area contributed by atoms with Crippen LogP contribution in [0.4, 0.5) is 5.69 Å². The van der Waals surface area contributed by atoms with Gasteiger partial charge in [0.2, 0.25) is 11.8 Å². The lowest BCUT2D eigenvalue weighted by Crippen LogP contribution is -2.51. The molecule has 0 aliphatic rings. The molecule has 0 saturated heterocycles. The van der Waals surface area contributed by atoms with Crippen LogP contribution < -0.4 is 14.4 Å². The molecule has 0 saturated carbocycles. The predicted octanol–water partition coefficient (Wildman–Crippen LogP) is 5.35. The first-order valence-corrected chi connectivity index (χ1v) is 15.2. The number of anilines is 1. The Labute approximate surface area is 248 Å². The highest BCUT2D eigenvalue weighted by molar-refractivity contribution is 7.92. The Kier molecular flexibility index (Phi) is 10.8. The average Bonchev–Trinajstić information content (AvgIpc) is 2.93. The number of amides is 2. The van der Waals surface area contributed by atoms with Crippen molar-refractivity contribution in [3.05, 3.63) is 88.4 Å². The van der Waals surface area contributed by atoms with Crippen molar-refractivity contribution in [3.63, 3.8) is 0 Å². The van der Waals surface area contributed by atoms with Crippen molar-refractivity contribution in [3.8, 4) is 5.75 Å². The molecule has 41 heavy (non-hydrogen) atoms. The molecule has 10 heteroatoms. The standard InChI is InChI=1S/C31H38ClN3O5S/c1-21(2)18-33-31(37)24(5)34(19-25-9-12-27(40-6)13-10-25)30(36)20-35(29-16-11-26(32)17-23(29)4)41(38,39)28-14-7-22(3)8-15-28/h7-17,21,24H,18-20H2,1-6H3,(H,33,37). The Bertz CT molecular complexity index is 1460. The lowest BCUT2D eigenvalue weighted by atomic mass is 10.1. The Morgan fingerprint density at radius 1 is 0.951 bits per heavy atom. The normalized spacial score (nSPS) is 12.1. The molecule has 0 fully saturated rings. The predicted molar refractivity (Wildman–Crippen MR) is 163 cm³/mol. The van der Waals surface area contributed by atoms with Crippen molar-refractivity contribution in [2.24, 2.45) is 5.92 Å². The van der Waals surface area contributed by atoms with Crippen LogP contribution >= 0.6 is 11.6 Å². The summed E-state index contributed by atoms with van der Waals surface area (Å²) >= 11 is 6.17. The zero-order chi connectivity index (χ0) is 30.3. The highest BCUT2D eigenvalue weighted by Gasteiger charge is 2.33. The largest absolute Gasteiger partial charge is 0.497 e. The number of sulfonamides is 1. The monoisotopic (exact) mass is 599 g/mol. The van der Waals surface area contributed by atoms with Crippen LogP contribution in [0, 0.1) is 19.8 Å². The average molecular weight is 600 g/mol. The van der Waals surface area contributed by atoms with Crippen LogP contribution in [0.2, 0.25) is 5.02 Å². The molecular weight excluding hydrogens is 562 g/mol. The summed E-state index contributed by atoms with van der Waals surface area (Å²) in [4.78, 5) is 28.6. The molecule has 0 spiro atoms. The minimum Gasteiger partial charge on any atom is -0.497 e. The van der Waals surface area contributed by atoms with Crippen LogP contribution in [-0.4, -0.2) is 51.4 Å². The first-order valence-electron chi connectivity index (χ1n) is 13.4. The van der Waals surface area contributed by atoms with Crippen molar-refractivity contribution >= 4 is 39.1 Å². The number of nitrogens with zero attached hydrogens (tertiary/aromatic N) is 2. The van der Waals surface area contributed by atoms with E-state index in [4.69, 9.17) is 16.3 Å². The van der Waals surface area contributed by atoms with E-state index in [0.29, 0.717) is 28.6 Å². The highest BCUT2D eigenvalue weighted by Crippen LogP contribution is 2.29. The second-order valence-electron chi connectivity index (χ2n) is 10.4. The number of ether oxygens (including phenoxy) is 1. The van der Waals surface area contributed by atoms with Crippen LogP contribution in [0.15, 0.2) is 71.6 Å². The third-order valence-electron chi connectivity index (χ3n) is 6.68. The van der Waals surface area contributed by atoms with Gasteiger partial charge in [0.1, 0.15) is 18.3 Å². The maximum atomic E-state index is 14.0. The summed E-state index contributed by atoms with van der Waals surface area (Å²) in [7, 11) is -2.60. The van der Waals surface area contributed by atoms with Gasteiger partial charge in [0.05, 0.1) is 17.7 Å². The second kappa shape index (κ2) is 13.9. The lowest BCUT2D eigenvalue weighted by molar-refractivity contribution is -0.139. The molecule has 1 N–H and O–H groups in total. The molecule has 3 aromatic rings. The molecular formula is C31H38ClN3O5S. The minimum absolute atomic E-state index is 0.0506. The number of hydrogen-bond donors (Lipinski definition) is 1. The first-order chi connectivity index (χ1) is 19.3. The van der Waals surface area contributed by atoms with Gasteiger partial charge in [0.15, 0.2) is 0 Å². The smallest absolute Gasteiger partial charge is 0.264 e. The van der Waals surface area contributed by atoms with E-state index in [2.05, 4.69) is 5.32 Å². The van der Waals surface area contributed by atoms with E-state index in [9.17, 15) is 18.0 Å². The number of hydrogen-bond acceptors (Lipinski definition) is 5. The number of halogens is 1. The van der Waals surface area contributed by atoms with Gasteiger partial charge in [-0.2, -0.15) is 0 Å². The van der Waals surface area contributed by atoms with Gasteiger partial charge < -0.3 is 15.0 Å². The van der Waals surface area contributed by atoms with Crippen LogP contribution in [0.5, 0.6) is 5.75 Å². The summed E-state index contributed by atoms with van der Waals surface area (Å²) in [5, 5.41) is 3.33. The maximum Gasteiger partial charge on any atom is 0.264 e. The number of nitrogens with one attached hydrogen (secondary N) is 1. The van der Waals surface area contributed by atoms with E-state index >= 15 is 0 Å². The number of carbonyl (C=O) groups is 2. The molecule has 0 heterocycles. The highest BCUT2D eigenvalue weighted by atomic mass is 35.5. The third-order valence-corrected chi connectivity index (χ3v) is 8.69. The molecule has 0 radical (unpaired) electrons. The Hall–Kier alpha value is -3.56. The molecule has 2 amide bonds. The van der Waals surface area contributed by atoms with Gasteiger partial charge in [0.25, 0.3) is 10.0 Å². The van der Waals surface area contributed by atoms with E-state index in [1.165, 1.54) is 17.0 Å². The molecule has 0 aliphatic heterocycles. The fourth-order valence-corrected chi connectivity index (χ4v) is 5.92.